The lowest BCUT2D eigenvalue weighted by Crippen LogP contribution is -2.29. The summed E-state index contributed by atoms with van der Waals surface area (Å²) in [5.74, 6) is 0.165. The van der Waals surface area contributed by atoms with Crippen LogP contribution in [0.4, 0.5) is 10.1 Å². The zero-order chi connectivity index (χ0) is 13.8. The number of hydrogen-bond acceptors (Lipinski definition) is 2. The van der Waals surface area contributed by atoms with Crippen LogP contribution in [0, 0.1) is 11.7 Å². The van der Waals surface area contributed by atoms with Crippen LogP contribution in [0.3, 0.4) is 0 Å². The lowest BCUT2D eigenvalue weighted by Gasteiger charge is -2.19. The van der Waals surface area contributed by atoms with Gasteiger partial charge in [0.2, 0.25) is 0 Å². The Labute approximate surface area is 113 Å². The van der Waals surface area contributed by atoms with Crippen LogP contribution in [-0.2, 0) is 0 Å². The van der Waals surface area contributed by atoms with Crippen LogP contribution >= 0.6 is 0 Å². The summed E-state index contributed by atoms with van der Waals surface area (Å²) in [4.78, 5) is 14.1. The van der Waals surface area contributed by atoms with Crippen LogP contribution in [-0.4, -0.2) is 30.9 Å². The molecular formula is C15H21FN2O. The molecule has 104 valence electrons. The summed E-state index contributed by atoms with van der Waals surface area (Å²) in [6, 6.07) is 4.66. The van der Waals surface area contributed by atoms with Gasteiger partial charge in [0, 0.05) is 20.1 Å². The minimum Gasteiger partial charge on any atom is -0.382 e. The van der Waals surface area contributed by atoms with Crippen LogP contribution in [0.2, 0.25) is 0 Å². The standard InChI is InChI=1S/C15H21FN2O/c1-3-9-17-14-12(5-4-6-13(14)16)15(19)18(2)10-11-7-8-11/h4-6,11,17H,3,7-10H2,1-2H3. The number of benzene rings is 1. The molecular weight excluding hydrogens is 243 g/mol. The highest BCUT2D eigenvalue weighted by molar-refractivity contribution is 5.99. The molecule has 1 N–H and O–H groups in total. The smallest absolute Gasteiger partial charge is 0.255 e. The minimum absolute atomic E-state index is 0.106. The van der Waals surface area contributed by atoms with Gasteiger partial charge in [0.15, 0.2) is 0 Å². The van der Waals surface area contributed by atoms with Crippen LogP contribution in [0.25, 0.3) is 0 Å². The van der Waals surface area contributed by atoms with E-state index in [0.29, 0.717) is 23.7 Å². The average Bonchev–Trinajstić information content (AvgIpc) is 3.20. The Morgan fingerprint density at radius 3 is 2.84 bits per heavy atom. The first-order valence-electron chi connectivity index (χ1n) is 6.91. The molecule has 3 nitrogen and oxygen atoms in total. The highest BCUT2D eigenvalue weighted by Gasteiger charge is 2.26. The van der Waals surface area contributed by atoms with E-state index in [9.17, 15) is 9.18 Å². The number of hydrogen-bond donors (Lipinski definition) is 1. The fraction of sp³-hybridized carbons (Fsp3) is 0.533. The van der Waals surface area contributed by atoms with Crippen molar-refractivity contribution in [3.63, 3.8) is 0 Å². The van der Waals surface area contributed by atoms with Crippen molar-refractivity contribution in [2.24, 2.45) is 5.92 Å². The van der Waals surface area contributed by atoms with Gasteiger partial charge in [-0.15, -0.1) is 0 Å². The van der Waals surface area contributed by atoms with Crippen molar-refractivity contribution >= 4 is 11.6 Å². The van der Waals surface area contributed by atoms with E-state index < -0.39 is 0 Å². The molecule has 1 amide bonds. The Hall–Kier alpha value is -1.58. The van der Waals surface area contributed by atoms with E-state index in [1.807, 2.05) is 6.92 Å². The lowest BCUT2D eigenvalue weighted by molar-refractivity contribution is 0.0789. The zero-order valence-corrected chi connectivity index (χ0v) is 11.6. The van der Waals surface area contributed by atoms with E-state index in [0.717, 1.165) is 13.0 Å². The largest absolute Gasteiger partial charge is 0.382 e. The highest BCUT2D eigenvalue weighted by Crippen LogP contribution is 2.30. The molecule has 0 aromatic heterocycles. The van der Waals surface area contributed by atoms with E-state index in [-0.39, 0.29) is 11.7 Å². The summed E-state index contributed by atoms with van der Waals surface area (Å²) >= 11 is 0. The number of nitrogens with zero attached hydrogens (tertiary/aromatic N) is 1. The normalized spacial score (nSPS) is 14.3. The molecule has 1 aromatic carbocycles. The van der Waals surface area contributed by atoms with Gasteiger partial charge in [-0.3, -0.25) is 4.79 Å². The summed E-state index contributed by atoms with van der Waals surface area (Å²) in [6.07, 6.45) is 3.28. The summed E-state index contributed by atoms with van der Waals surface area (Å²) in [5.41, 5.74) is 0.758. The average molecular weight is 264 g/mol. The topological polar surface area (TPSA) is 32.3 Å². The van der Waals surface area contributed by atoms with Gasteiger partial charge >= 0.3 is 0 Å². The van der Waals surface area contributed by atoms with Crippen LogP contribution in [0.1, 0.15) is 36.5 Å². The van der Waals surface area contributed by atoms with Crippen LogP contribution in [0.15, 0.2) is 18.2 Å². The SMILES string of the molecule is CCCNc1c(F)cccc1C(=O)N(C)CC1CC1. The summed E-state index contributed by atoms with van der Waals surface area (Å²) in [6.45, 7) is 3.44. The number of anilines is 1. The van der Waals surface area contributed by atoms with E-state index in [4.69, 9.17) is 0 Å². The predicted molar refractivity (Wildman–Crippen MR) is 74.9 cm³/mol. The first-order valence-corrected chi connectivity index (χ1v) is 6.91. The molecule has 0 bridgehead atoms. The molecule has 0 spiro atoms. The first-order chi connectivity index (χ1) is 9.13. The molecule has 0 radical (unpaired) electrons. The lowest BCUT2D eigenvalue weighted by atomic mass is 10.1. The van der Waals surface area contributed by atoms with E-state index >= 15 is 0 Å². The molecule has 19 heavy (non-hydrogen) atoms. The van der Waals surface area contributed by atoms with Gasteiger partial charge in [0.1, 0.15) is 5.82 Å². The molecule has 0 heterocycles. The molecule has 0 atom stereocenters. The Morgan fingerprint density at radius 2 is 2.21 bits per heavy atom. The Bertz CT molecular complexity index is 457. The number of carbonyl (C=O) groups excluding carboxylic acids is 1. The number of rotatable bonds is 6. The summed E-state index contributed by atoms with van der Waals surface area (Å²) < 4.78 is 13.8. The third-order valence-corrected chi connectivity index (χ3v) is 3.37. The number of carbonyl (C=O) groups is 1. The maximum absolute atomic E-state index is 13.8. The van der Waals surface area contributed by atoms with Gasteiger partial charge in [0.05, 0.1) is 11.3 Å². The number of nitrogens with one attached hydrogen (secondary N) is 1. The Balaban J connectivity index is 2.16. The fourth-order valence-corrected chi connectivity index (χ4v) is 2.11. The highest BCUT2D eigenvalue weighted by atomic mass is 19.1. The molecule has 0 unspecified atom stereocenters. The van der Waals surface area contributed by atoms with Crippen molar-refractivity contribution in [1.82, 2.24) is 4.90 Å². The van der Waals surface area contributed by atoms with Crippen molar-refractivity contribution in [3.05, 3.63) is 29.6 Å². The van der Waals surface area contributed by atoms with E-state index in [1.165, 1.54) is 18.9 Å². The predicted octanol–water partition coefficient (Wildman–Crippen LogP) is 3.13. The van der Waals surface area contributed by atoms with Crippen molar-refractivity contribution in [1.29, 1.82) is 0 Å². The monoisotopic (exact) mass is 264 g/mol. The van der Waals surface area contributed by atoms with E-state index in [1.54, 1.807) is 24.1 Å². The molecule has 1 fully saturated rings. The van der Waals surface area contributed by atoms with Crippen molar-refractivity contribution < 1.29 is 9.18 Å². The maximum Gasteiger partial charge on any atom is 0.255 e. The minimum atomic E-state index is -0.362. The fourth-order valence-electron chi connectivity index (χ4n) is 2.11. The van der Waals surface area contributed by atoms with E-state index in [2.05, 4.69) is 5.32 Å². The van der Waals surface area contributed by atoms with Crippen molar-refractivity contribution in [3.8, 4) is 0 Å². The maximum atomic E-state index is 13.8. The zero-order valence-electron chi connectivity index (χ0n) is 11.6. The van der Waals surface area contributed by atoms with Crippen molar-refractivity contribution in [2.45, 2.75) is 26.2 Å². The van der Waals surface area contributed by atoms with Crippen LogP contribution < -0.4 is 5.32 Å². The Kier molecular flexibility index (Phi) is 4.40. The molecule has 0 aliphatic heterocycles. The van der Waals surface area contributed by atoms with Crippen molar-refractivity contribution in [2.75, 3.05) is 25.5 Å². The molecule has 2 rings (SSSR count). The number of amides is 1. The third-order valence-electron chi connectivity index (χ3n) is 3.37. The molecule has 0 saturated heterocycles. The first kappa shape index (κ1) is 13.8. The second kappa shape index (κ2) is 6.04. The number of halogens is 1. The quantitative estimate of drug-likeness (QED) is 0.856. The molecule has 4 heteroatoms. The van der Waals surface area contributed by atoms with Gasteiger partial charge < -0.3 is 10.2 Å². The summed E-state index contributed by atoms with van der Waals surface area (Å²) in [7, 11) is 1.79. The van der Waals surface area contributed by atoms with Gasteiger partial charge in [-0.1, -0.05) is 13.0 Å². The molecule has 1 aliphatic carbocycles. The van der Waals surface area contributed by atoms with Gasteiger partial charge in [-0.25, -0.2) is 4.39 Å². The van der Waals surface area contributed by atoms with Gasteiger partial charge in [-0.2, -0.15) is 0 Å². The van der Waals surface area contributed by atoms with Gasteiger partial charge in [-0.05, 0) is 37.3 Å². The Morgan fingerprint density at radius 1 is 1.47 bits per heavy atom. The number of para-hydroxylation sites is 1. The molecule has 1 aliphatic rings. The molecule has 1 saturated carbocycles. The second-order valence-electron chi connectivity index (χ2n) is 5.22. The van der Waals surface area contributed by atoms with Crippen LogP contribution in [0.5, 0.6) is 0 Å². The third kappa shape index (κ3) is 3.46. The summed E-state index contributed by atoms with van der Waals surface area (Å²) in [5, 5.41) is 3.01. The second-order valence-corrected chi connectivity index (χ2v) is 5.22. The molecule has 1 aromatic rings. The van der Waals surface area contributed by atoms with Gasteiger partial charge in [0.25, 0.3) is 5.91 Å².